The van der Waals surface area contributed by atoms with Crippen molar-refractivity contribution in [1.29, 1.82) is 0 Å². The molecule has 3 nitrogen and oxygen atoms in total. The summed E-state index contributed by atoms with van der Waals surface area (Å²) >= 11 is 0. The average Bonchev–Trinajstić information content (AvgIpc) is 0.811. The van der Waals surface area contributed by atoms with Crippen molar-refractivity contribution in [3.05, 3.63) is 0 Å². The van der Waals surface area contributed by atoms with Crippen LogP contribution >= 0.6 is 0 Å². The Hall–Kier alpha value is 1.01. The summed E-state index contributed by atoms with van der Waals surface area (Å²) in [6.45, 7) is 0. The molecule has 0 saturated carbocycles. The van der Waals surface area contributed by atoms with E-state index in [1.807, 2.05) is 0 Å². The number of hydrogen-bond acceptors (Lipinski definition) is 1. The molecule has 0 rings (SSSR count). The quantitative estimate of drug-likeness (QED) is 0.422. The van der Waals surface area contributed by atoms with Crippen LogP contribution in [0.5, 0.6) is 0 Å². The summed E-state index contributed by atoms with van der Waals surface area (Å²) in [6.07, 6.45) is 0. The Bertz CT molecular complexity index is 40.3. The summed E-state index contributed by atoms with van der Waals surface area (Å²) in [6, 6.07) is 0. The molecule has 0 spiro atoms. The van der Waals surface area contributed by atoms with Crippen molar-refractivity contribution in [3.63, 3.8) is 0 Å². The molecule has 30 valence electrons. The van der Waals surface area contributed by atoms with Gasteiger partial charge < -0.3 is 12.4 Å². The van der Waals surface area contributed by atoms with Gasteiger partial charge in [0.05, 0.1) is 0 Å². The SMILES string of the molecule is O=[Si](O)O.[H-].[H-].[Mg+2].[Zn]. The van der Waals surface area contributed by atoms with E-state index >= 15 is 0 Å². The van der Waals surface area contributed by atoms with Gasteiger partial charge in [-0.15, -0.1) is 0 Å². The van der Waals surface area contributed by atoms with Gasteiger partial charge in [-0.3, -0.25) is 4.46 Å². The number of hydrogen-bond donors (Lipinski definition) is 2. The van der Waals surface area contributed by atoms with Gasteiger partial charge >= 0.3 is 32.2 Å². The van der Waals surface area contributed by atoms with Gasteiger partial charge in [0.25, 0.3) is 0 Å². The molecule has 0 saturated heterocycles. The van der Waals surface area contributed by atoms with Crippen molar-refractivity contribution in [2.24, 2.45) is 0 Å². The Balaban J connectivity index is -0.00000000750. The Kier molecular flexibility index (Phi) is 24.6. The standard InChI is InChI=1S/Mg.H2O3Si.Zn.2H/c;1-4(2)3;;;/h;1-2H;;;/q+2;;;2*-1. The van der Waals surface area contributed by atoms with Crippen LogP contribution in [0.25, 0.3) is 0 Å². The fraction of sp³-hybridized carbons (Fsp3) is 0. The monoisotopic (exact) mass is 168 g/mol. The van der Waals surface area contributed by atoms with E-state index in [0.29, 0.717) is 0 Å². The van der Waals surface area contributed by atoms with E-state index in [1.165, 1.54) is 0 Å². The molecule has 0 unspecified atom stereocenters. The van der Waals surface area contributed by atoms with Crippen LogP contribution in [0.3, 0.4) is 0 Å². The predicted octanol–water partition coefficient (Wildman–Crippen LogP) is -1.77. The van der Waals surface area contributed by atoms with E-state index in [2.05, 4.69) is 0 Å². The first-order chi connectivity index (χ1) is 1.73. The van der Waals surface area contributed by atoms with Crippen molar-refractivity contribution < 1.29 is 36.4 Å². The molecule has 2 N–H and O–H groups in total. The zero-order valence-electron chi connectivity index (χ0n) is 5.22. The van der Waals surface area contributed by atoms with E-state index in [4.69, 9.17) is 14.1 Å². The van der Waals surface area contributed by atoms with Crippen LogP contribution in [0.15, 0.2) is 0 Å². The summed E-state index contributed by atoms with van der Waals surface area (Å²) in [5.74, 6) is 0. The topological polar surface area (TPSA) is 57.5 Å². The zero-order chi connectivity index (χ0) is 3.58. The van der Waals surface area contributed by atoms with Crippen molar-refractivity contribution >= 4 is 32.2 Å². The molecule has 0 aromatic rings. The third-order valence-corrected chi connectivity index (χ3v) is 0. The van der Waals surface area contributed by atoms with Crippen molar-refractivity contribution in [3.8, 4) is 0 Å². The van der Waals surface area contributed by atoms with E-state index in [-0.39, 0.29) is 45.4 Å². The van der Waals surface area contributed by atoms with Gasteiger partial charge in [-0.2, -0.15) is 0 Å². The second-order valence-corrected chi connectivity index (χ2v) is 0.848. The molecule has 0 aliphatic rings. The Morgan fingerprint density at radius 3 is 1.50 bits per heavy atom. The summed E-state index contributed by atoms with van der Waals surface area (Å²) in [7, 11) is -3.13. The first-order valence-corrected chi connectivity index (χ1v) is 1.95. The zero-order valence-corrected chi connectivity index (χ0v) is 8.60. The van der Waals surface area contributed by atoms with E-state index in [9.17, 15) is 0 Å². The molecule has 0 aliphatic carbocycles. The fourth-order valence-corrected chi connectivity index (χ4v) is 0. The van der Waals surface area contributed by atoms with Crippen LogP contribution in [0.2, 0.25) is 0 Å². The summed E-state index contributed by atoms with van der Waals surface area (Å²) in [5.41, 5.74) is 0. The predicted molar refractivity (Wildman–Crippen MR) is 18.9 cm³/mol. The van der Waals surface area contributed by atoms with Crippen molar-refractivity contribution in [1.82, 2.24) is 0 Å². The maximum atomic E-state index is 8.74. The van der Waals surface area contributed by atoms with Crippen LogP contribution in [0.1, 0.15) is 2.85 Å². The Morgan fingerprint density at radius 1 is 1.50 bits per heavy atom. The smallest absolute Gasteiger partial charge is 1.00 e. The van der Waals surface area contributed by atoms with Crippen LogP contribution < -0.4 is 0 Å². The van der Waals surface area contributed by atoms with Gasteiger partial charge in [0.1, 0.15) is 0 Å². The normalized spacial score (nSPS) is 4.00. The van der Waals surface area contributed by atoms with Gasteiger partial charge in [-0.05, 0) is 0 Å². The second kappa shape index (κ2) is 9.38. The number of rotatable bonds is 0. The molecule has 0 aromatic carbocycles. The first-order valence-electron chi connectivity index (χ1n) is 0.651. The minimum atomic E-state index is -3.13. The third kappa shape index (κ3) is 79.3. The van der Waals surface area contributed by atoms with Gasteiger partial charge in [-0.1, -0.05) is 0 Å². The molecule has 0 radical (unpaired) electrons. The summed E-state index contributed by atoms with van der Waals surface area (Å²) in [5, 5.41) is 0. The molecular formula is H4MgO3SiZn. The molecule has 0 atom stereocenters. The third-order valence-electron chi connectivity index (χ3n) is 0. The molecule has 0 aromatic heterocycles. The largest absolute Gasteiger partial charge is 2.00 e. The molecule has 6 heavy (non-hydrogen) atoms. The molecule has 0 aliphatic heterocycles. The first kappa shape index (κ1) is 15.7. The van der Waals surface area contributed by atoms with E-state index in [0.717, 1.165) is 0 Å². The maximum Gasteiger partial charge on any atom is 2.00 e. The van der Waals surface area contributed by atoms with Gasteiger partial charge in [0.2, 0.25) is 0 Å². The molecule has 0 bridgehead atoms. The minimum absolute atomic E-state index is 0. The van der Waals surface area contributed by atoms with Crippen LogP contribution in [0.4, 0.5) is 0 Å². The maximum absolute atomic E-state index is 8.74. The second-order valence-electron chi connectivity index (χ2n) is 0.283. The fourth-order valence-electron chi connectivity index (χ4n) is 0. The Morgan fingerprint density at radius 2 is 1.50 bits per heavy atom. The van der Waals surface area contributed by atoms with Gasteiger partial charge in [0, 0.05) is 19.5 Å². The Labute approximate surface area is 68.5 Å². The van der Waals surface area contributed by atoms with Crippen molar-refractivity contribution in [2.75, 3.05) is 0 Å². The summed E-state index contributed by atoms with van der Waals surface area (Å²) in [4.78, 5) is 14.3. The molecule has 0 heterocycles. The van der Waals surface area contributed by atoms with Crippen LogP contribution in [0, 0.1) is 0 Å². The average molecular weight is 170 g/mol. The van der Waals surface area contributed by atoms with Crippen molar-refractivity contribution in [2.45, 2.75) is 0 Å². The molecular weight excluding hydrogens is 166 g/mol. The molecule has 0 fully saturated rings. The minimum Gasteiger partial charge on any atom is -1.00 e. The van der Waals surface area contributed by atoms with Crippen LogP contribution in [-0.2, 0) is 23.9 Å². The van der Waals surface area contributed by atoms with Gasteiger partial charge in [0.15, 0.2) is 0 Å². The van der Waals surface area contributed by atoms with Gasteiger partial charge in [-0.25, -0.2) is 0 Å². The van der Waals surface area contributed by atoms with Crippen LogP contribution in [-0.4, -0.2) is 41.8 Å². The van der Waals surface area contributed by atoms with E-state index < -0.39 is 9.17 Å². The van der Waals surface area contributed by atoms with E-state index in [1.54, 1.807) is 0 Å². The molecule has 0 amide bonds. The summed E-state index contributed by atoms with van der Waals surface area (Å²) < 4.78 is 8.74. The molecule has 6 heteroatoms.